The van der Waals surface area contributed by atoms with E-state index in [0.717, 1.165) is 31.7 Å². The Hall–Kier alpha value is -3.13. The van der Waals surface area contributed by atoms with E-state index in [2.05, 4.69) is 6.92 Å². The van der Waals surface area contributed by atoms with Crippen molar-refractivity contribution in [1.29, 1.82) is 0 Å². The van der Waals surface area contributed by atoms with E-state index in [1.54, 1.807) is 19.1 Å². The minimum Gasteiger partial charge on any atom is -0.491 e. The Labute approximate surface area is 232 Å². The van der Waals surface area contributed by atoms with Gasteiger partial charge in [-0.1, -0.05) is 56.9 Å². The van der Waals surface area contributed by atoms with Crippen molar-refractivity contribution in [3.05, 3.63) is 72.0 Å². The van der Waals surface area contributed by atoms with Crippen molar-refractivity contribution in [2.75, 3.05) is 13.2 Å². The van der Waals surface area contributed by atoms with E-state index in [4.69, 9.17) is 14.2 Å². The number of alkyl halides is 2. The third-order valence-electron chi connectivity index (χ3n) is 7.26. The lowest BCUT2D eigenvalue weighted by Crippen LogP contribution is -2.44. The standard InChI is InChI=1S/C32H35F5O3/c1-3-5-6-7-8-21-9-18-29(39-20-21)32(36,37)40-24-14-15-25(27(33)19-24)22-10-12-23(13-11-22)26-16-17-28(38-4-2)31(35)30(26)34/h10-17,19,21,29H,3-9,18,20H2,1-2H3. The lowest BCUT2D eigenvalue weighted by molar-refractivity contribution is -0.265. The molecule has 0 bridgehead atoms. The molecule has 0 amide bonds. The third kappa shape index (κ3) is 7.14. The van der Waals surface area contributed by atoms with Crippen LogP contribution < -0.4 is 9.47 Å². The highest BCUT2D eigenvalue weighted by atomic mass is 19.3. The Kier molecular flexibility index (Phi) is 10.1. The molecule has 1 heterocycles. The molecular weight excluding hydrogens is 527 g/mol. The number of hydrogen-bond acceptors (Lipinski definition) is 3. The van der Waals surface area contributed by atoms with Crippen LogP contribution in [0.4, 0.5) is 22.0 Å². The zero-order valence-corrected chi connectivity index (χ0v) is 22.8. The molecule has 0 saturated carbocycles. The molecule has 0 N–H and O–H groups in total. The Morgan fingerprint density at radius 3 is 2.15 bits per heavy atom. The van der Waals surface area contributed by atoms with Gasteiger partial charge in [-0.15, -0.1) is 0 Å². The molecule has 1 aliphatic heterocycles. The fourth-order valence-corrected chi connectivity index (χ4v) is 5.03. The van der Waals surface area contributed by atoms with Crippen molar-refractivity contribution in [3.63, 3.8) is 0 Å². The first-order chi connectivity index (χ1) is 19.2. The highest BCUT2D eigenvalue weighted by Crippen LogP contribution is 2.36. The molecule has 1 aliphatic rings. The lowest BCUT2D eigenvalue weighted by Gasteiger charge is -2.33. The van der Waals surface area contributed by atoms with Gasteiger partial charge in [0, 0.05) is 17.2 Å². The van der Waals surface area contributed by atoms with Gasteiger partial charge >= 0.3 is 6.11 Å². The summed E-state index contributed by atoms with van der Waals surface area (Å²) >= 11 is 0. The van der Waals surface area contributed by atoms with Crippen LogP contribution in [0.2, 0.25) is 0 Å². The minimum absolute atomic E-state index is 0.0340. The van der Waals surface area contributed by atoms with E-state index in [0.29, 0.717) is 17.5 Å². The topological polar surface area (TPSA) is 27.7 Å². The summed E-state index contributed by atoms with van der Waals surface area (Å²) in [7, 11) is 0. The molecule has 2 atom stereocenters. The monoisotopic (exact) mass is 562 g/mol. The Morgan fingerprint density at radius 2 is 1.52 bits per heavy atom. The summed E-state index contributed by atoms with van der Waals surface area (Å²) in [5.74, 6) is -3.08. The van der Waals surface area contributed by atoms with Crippen molar-refractivity contribution in [2.45, 2.75) is 71.0 Å². The summed E-state index contributed by atoms with van der Waals surface area (Å²) in [5.41, 5.74) is 1.01. The number of unbranched alkanes of at least 4 members (excludes halogenated alkanes) is 3. The summed E-state index contributed by atoms with van der Waals surface area (Å²) in [6.45, 7) is 4.28. The average Bonchev–Trinajstić information content (AvgIpc) is 2.94. The van der Waals surface area contributed by atoms with Crippen LogP contribution in [-0.2, 0) is 4.74 Å². The Balaban J connectivity index is 1.39. The normalized spacial score (nSPS) is 17.6. The molecule has 3 aromatic carbocycles. The molecule has 0 radical (unpaired) electrons. The summed E-state index contributed by atoms with van der Waals surface area (Å²) in [4.78, 5) is 0. The number of benzene rings is 3. The van der Waals surface area contributed by atoms with Crippen LogP contribution in [0, 0.1) is 23.4 Å². The van der Waals surface area contributed by atoms with Crippen molar-refractivity contribution >= 4 is 0 Å². The summed E-state index contributed by atoms with van der Waals surface area (Å²) < 4.78 is 88.9. The van der Waals surface area contributed by atoms with Crippen LogP contribution in [0.3, 0.4) is 0 Å². The van der Waals surface area contributed by atoms with Crippen molar-refractivity contribution in [2.24, 2.45) is 5.92 Å². The smallest absolute Gasteiger partial charge is 0.424 e. The predicted molar refractivity (Wildman–Crippen MR) is 145 cm³/mol. The highest BCUT2D eigenvalue weighted by molar-refractivity contribution is 5.71. The first-order valence-electron chi connectivity index (χ1n) is 13.9. The SMILES string of the molecule is CCCCCCC1CCC(C(F)(F)Oc2ccc(-c3ccc(-c4ccc(OCC)c(F)c4F)cc3)c(F)c2)OC1. The molecule has 0 aliphatic carbocycles. The largest absolute Gasteiger partial charge is 0.491 e. The van der Waals surface area contributed by atoms with Crippen molar-refractivity contribution in [1.82, 2.24) is 0 Å². The summed E-state index contributed by atoms with van der Waals surface area (Å²) in [5, 5.41) is 0. The summed E-state index contributed by atoms with van der Waals surface area (Å²) in [6, 6.07) is 12.5. The fraction of sp³-hybridized carbons (Fsp3) is 0.438. The van der Waals surface area contributed by atoms with Gasteiger partial charge in [-0.25, -0.2) is 8.78 Å². The van der Waals surface area contributed by atoms with Gasteiger partial charge in [0.05, 0.1) is 13.2 Å². The van der Waals surface area contributed by atoms with Crippen LogP contribution in [-0.4, -0.2) is 25.4 Å². The highest BCUT2D eigenvalue weighted by Gasteiger charge is 2.45. The maximum atomic E-state index is 15.0. The maximum absolute atomic E-state index is 15.0. The average molecular weight is 563 g/mol. The van der Waals surface area contributed by atoms with E-state index in [1.807, 2.05) is 0 Å². The number of rotatable bonds is 12. The molecule has 1 saturated heterocycles. The van der Waals surface area contributed by atoms with E-state index < -0.39 is 29.7 Å². The van der Waals surface area contributed by atoms with Crippen molar-refractivity contribution < 1.29 is 36.2 Å². The second kappa shape index (κ2) is 13.5. The minimum atomic E-state index is -3.60. The molecule has 216 valence electrons. The van der Waals surface area contributed by atoms with E-state index in [1.165, 1.54) is 42.8 Å². The summed E-state index contributed by atoms with van der Waals surface area (Å²) in [6.07, 6.45) is 1.35. The van der Waals surface area contributed by atoms with Crippen LogP contribution in [0.1, 0.15) is 58.8 Å². The molecular formula is C32H35F5O3. The molecule has 2 unspecified atom stereocenters. The van der Waals surface area contributed by atoms with Crippen LogP contribution in [0.25, 0.3) is 22.3 Å². The molecule has 1 fully saturated rings. The molecule has 4 rings (SSSR count). The zero-order valence-electron chi connectivity index (χ0n) is 22.8. The van der Waals surface area contributed by atoms with Crippen LogP contribution in [0.15, 0.2) is 54.6 Å². The molecule has 3 nitrogen and oxygen atoms in total. The van der Waals surface area contributed by atoms with Gasteiger partial charge in [0.15, 0.2) is 17.7 Å². The van der Waals surface area contributed by atoms with Crippen LogP contribution >= 0.6 is 0 Å². The van der Waals surface area contributed by atoms with Gasteiger partial charge in [-0.05, 0) is 67.5 Å². The lowest BCUT2D eigenvalue weighted by atomic mass is 9.92. The van der Waals surface area contributed by atoms with Crippen molar-refractivity contribution in [3.8, 4) is 33.8 Å². The van der Waals surface area contributed by atoms with Gasteiger partial charge in [0.25, 0.3) is 0 Å². The second-order valence-electron chi connectivity index (χ2n) is 10.2. The molecule has 40 heavy (non-hydrogen) atoms. The van der Waals surface area contributed by atoms with Crippen LogP contribution in [0.5, 0.6) is 11.5 Å². The van der Waals surface area contributed by atoms with E-state index in [9.17, 15) is 22.0 Å². The first-order valence-corrected chi connectivity index (χ1v) is 13.9. The molecule has 0 spiro atoms. The molecule has 3 aromatic rings. The third-order valence-corrected chi connectivity index (χ3v) is 7.26. The fourth-order valence-electron chi connectivity index (χ4n) is 5.03. The quantitative estimate of drug-likeness (QED) is 0.163. The predicted octanol–water partition coefficient (Wildman–Crippen LogP) is 9.57. The van der Waals surface area contributed by atoms with Gasteiger partial charge in [0.2, 0.25) is 5.82 Å². The Bertz CT molecular complexity index is 1250. The zero-order chi connectivity index (χ0) is 28.7. The van der Waals surface area contributed by atoms with Gasteiger partial charge in [-0.2, -0.15) is 13.2 Å². The molecule has 8 heteroatoms. The van der Waals surface area contributed by atoms with E-state index in [-0.39, 0.29) is 48.2 Å². The number of ether oxygens (including phenoxy) is 3. The second-order valence-corrected chi connectivity index (χ2v) is 10.2. The number of hydrogen-bond donors (Lipinski definition) is 0. The number of halogens is 5. The van der Waals surface area contributed by atoms with E-state index >= 15 is 0 Å². The maximum Gasteiger partial charge on any atom is 0.424 e. The van der Waals surface area contributed by atoms with Gasteiger partial charge < -0.3 is 14.2 Å². The Morgan fingerprint density at radius 1 is 0.825 bits per heavy atom. The first kappa shape index (κ1) is 29.8. The molecule has 0 aromatic heterocycles. The van der Waals surface area contributed by atoms with Gasteiger partial charge in [-0.3, -0.25) is 0 Å². The van der Waals surface area contributed by atoms with Gasteiger partial charge in [0.1, 0.15) is 11.6 Å².